The molecule has 0 saturated heterocycles. The highest BCUT2D eigenvalue weighted by molar-refractivity contribution is 6.18. The van der Waals surface area contributed by atoms with E-state index in [0.717, 1.165) is 36.6 Å². The topological polar surface area (TPSA) is 46.4 Å². The fraction of sp³-hybridized carbons (Fsp3) is 0.368. The van der Waals surface area contributed by atoms with E-state index >= 15 is 0 Å². The largest absolute Gasteiger partial charge is 0.369 e. The van der Waals surface area contributed by atoms with Crippen LogP contribution in [0.5, 0.6) is 0 Å². The summed E-state index contributed by atoms with van der Waals surface area (Å²) in [5.74, 6) is 1.11. The highest BCUT2D eigenvalue weighted by atomic mass is 35.5. The van der Waals surface area contributed by atoms with E-state index in [9.17, 15) is 10.1 Å². The number of alkyl halides is 2. The minimum Gasteiger partial charge on any atom is -0.369 e. The Morgan fingerprint density at radius 3 is 1.96 bits per heavy atom. The van der Waals surface area contributed by atoms with Crippen LogP contribution in [0.3, 0.4) is 0 Å². The number of quaternary nitrogens is 1. The Balaban J connectivity index is 2.13. The van der Waals surface area contributed by atoms with Gasteiger partial charge in [-0.1, -0.05) is 0 Å². The van der Waals surface area contributed by atoms with Crippen LogP contribution in [0.1, 0.15) is 5.56 Å². The molecule has 7 heteroatoms. The van der Waals surface area contributed by atoms with Crippen molar-refractivity contribution in [2.75, 3.05) is 43.8 Å². The van der Waals surface area contributed by atoms with Crippen LogP contribution in [-0.4, -0.2) is 43.9 Å². The van der Waals surface area contributed by atoms with Crippen molar-refractivity contribution in [1.29, 1.82) is 0 Å². The first-order chi connectivity index (χ1) is 12.4. The molecule has 26 heavy (non-hydrogen) atoms. The average Bonchev–Trinajstić information content (AvgIpc) is 2.62. The van der Waals surface area contributed by atoms with Gasteiger partial charge in [-0.3, -0.25) is 14.6 Å². The number of nitro benzene ring substituents is 1. The van der Waals surface area contributed by atoms with Crippen LogP contribution in [0.15, 0.2) is 48.5 Å². The first-order valence-electron chi connectivity index (χ1n) is 8.41. The molecular weight excluding hydrogens is 373 g/mol. The summed E-state index contributed by atoms with van der Waals surface area (Å²) in [6.45, 7) is 2.26. The third-order valence-corrected chi connectivity index (χ3v) is 4.69. The predicted molar refractivity (Wildman–Crippen MR) is 111 cm³/mol. The zero-order chi connectivity index (χ0) is 19.2. The summed E-state index contributed by atoms with van der Waals surface area (Å²) < 4.78 is 0.642. The fourth-order valence-corrected chi connectivity index (χ4v) is 3.32. The summed E-state index contributed by atoms with van der Waals surface area (Å²) >= 11 is 11.8. The quantitative estimate of drug-likeness (QED) is 0.268. The number of hydrogen-bond acceptors (Lipinski definition) is 3. The summed E-state index contributed by atoms with van der Waals surface area (Å²) in [5.41, 5.74) is 3.42. The number of rotatable bonds is 9. The summed E-state index contributed by atoms with van der Waals surface area (Å²) in [5, 5.41) is 10.8. The van der Waals surface area contributed by atoms with Gasteiger partial charge in [0.15, 0.2) is 0 Å². The highest BCUT2D eigenvalue weighted by Crippen LogP contribution is 2.26. The zero-order valence-corrected chi connectivity index (χ0v) is 16.6. The SMILES string of the molecule is C[N+](C)(Cc1ccc([N+](=O)[O-])cc1)c1ccc(N(CCCl)CCCl)cc1. The van der Waals surface area contributed by atoms with Gasteiger partial charge in [0.2, 0.25) is 0 Å². The van der Waals surface area contributed by atoms with Crippen molar-refractivity contribution >= 4 is 40.3 Å². The Hall–Kier alpha value is -1.82. The predicted octanol–water partition coefficient (Wildman–Crippen LogP) is 4.65. The lowest BCUT2D eigenvalue weighted by atomic mass is 10.1. The second kappa shape index (κ2) is 9.21. The van der Waals surface area contributed by atoms with Crippen LogP contribution in [0.25, 0.3) is 0 Å². The van der Waals surface area contributed by atoms with Crippen LogP contribution in [0.4, 0.5) is 17.1 Å². The molecule has 0 unspecified atom stereocenters. The monoisotopic (exact) mass is 396 g/mol. The van der Waals surface area contributed by atoms with Crippen molar-refractivity contribution in [3.05, 3.63) is 64.2 Å². The summed E-state index contributed by atoms with van der Waals surface area (Å²) in [7, 11) is 4.23. The van der Waals surface area contributed by atoms with E-state index in [-0.39, 0.29) is 10.6 Å². The molecule has 0 atom stereocenters. The van der Waals surface area contributed by atoms with Crippen molar-refractivity contribution < 1.29 is 4.92 Å². The average molecular weight is 397 g/mol. The van der Waals surface area contributed by atoms with Gasteiger partial charge in [-0.2, -0.15) is 0 Å². The molecule has 140 valence electrons. The number of non-ortho nitro benzene ring substituents is 1. The maximum absolute atomic E-state index is 10.8. The van der Waals surface area contributed by atoms with Gasteiger partial charge in [0.25, 0.3) is 5.69 Å². The van der Waals surface area contributed by atoms with Crippen molar-refractivity contribution in [3.8, 4) is 0 Å². The van der Waals surface area contributed by atoms with Crippen molar-refractivity contribution in [1.82, 2.24) is 4.48 Å². The molecule has 0 bridgehead atoms. The van der Waals surface area contributed by atoms with Crippen molar-refractivity contribution in [3.63, 3.8) is 0 Å². The van der Waals surface area contributed by atoms with Crippen LogP contribution >= 0.6 is 23.2 Å². The molecule has 0 heterocycles. The first-order valence-corrected chi connectivity index (χ1v) is 9.48. The number of hydrogen-bond donors (Lipinski definition) is 0. The van der Waals surface area contributed by atoms with Gasteiger partial charge in [0.05, 0.1) is 19.0 Å². The number of benzene rings is 2. The molecule has 0 aliphatic heterocycles. The lowest BCUT2D eigenvalue weighted by Gasteiger charge is -2.30. The van der Waals surface area contributed by atoms with E-state index in [2.05, 4.69) is 43.3 Å². The minimum atomic E-state index is -0.379. The molecule has 2 aromatic rings. The Kier molecular flexibility index (Phi) is 7.26. The first kappa shape index (κ1) is 20.5. The molecular formula is C19H24Cl2N3O2+. The van der Waals surface area contributed by atoms with Gasteiger partial charge in [-0.15, -0.1) is 23.2 Å². The molecule has 0 N–H and O–H groups in total. The standard InChI is InChI=1S/C19H24Cl2N3O2/c1-24(2,15-16-3-5-18(6-4-16)23(25)26)19-9-7-17(8-10-19)22(13-11-20)14-12-21/h3-10H,11-15H2,1-2H3/q+1. The van der Waals surface area contributed by atoms with Crippen LogP contribution in [-0.2, 0) is 6.54 Å². The maximum Gasteiger partial charge on any atom is 0.269 e. The van der Waals surface area contributed by atoms with Gasteiger partial charge in [-0.05, 0) is 24.3 Å². The second-order valence-electron chi connectivity index (χ2n) is 6.65. The Labute approximate surface area is 164 Å². The maximum atomic E-state index is 10.8. The number of nitrogens with zero attached hydrogens (tertiary/aromatic N) is 3. The molecule has 2 aromatic carbocycles. The Morgan fingerprint density at radius 2 is 1.50 bits per heavy atom. The van der Waals surface area contributed by atoms with E-state index in [1.807, 2.05) is 12.1 Å². The van der Waals surface area contributed by atoms with Gasteiger partial charge in [0, 0.05) is 60.4 Å². The lowest BCUT2D eigenvalue weighted by Crippen LogP contribution is -2.39. The van der Waals surface area contributed by atoms with Gasteiger partial charge < -0.3 is 4.90 Å². The van der Waals surface area contributed by atoms with Crippen molar-refractivity contribution in [2.24, 2.45) is 0 Å². The summed E-state index contributed by atoms with van der Waals surface area (Å²) in [6.07, 6.45) is 0. The van der Waals surface area contributed by atoms with Gasteiger partial charge >= 0.3 is 0 Å². The van der Waals surface area contributed by atoms with Crippen LogP contribution < -0.4 is 9.38 Å². The Bertz CT molecular complexity index is 713. The number of nitro groups is 1. The van der Waals surface area contributed by atoms with E-state index in [1.165, 1.54) is 0 Å². The van der Waals surface area contributed by atoms with E-state index in [4.69, 9.17) is 23.2 Å². The van der Waals surface area contributed by atoms with Crippen LogP contribution in [0.2, 0.25) is 0 Å². The van der Waals surface area contributed by atoms with Gasteiger partial charge in [-0.25, -0.2) is 0 Å². The van der Waals surface area contributed by atoms with E-state index in [0.29, 0.717) is 16.2 Å². The summed E-state index contributed by atoms with van der Waals surface area (Å²) in [4.78, 5) is 12.6. The molecule has 0 fully saturated rings. The lowest BCUT2D eigenvalue weighted by molar-refractivity contribution is -0.384. The second-order valence-corrected chi connectivity index (χ2v) is 7.40. The number of halogens is 2. The molecule has 0 saturated carbocycles. The van der Waals surface area contributed by atoms with Crippen molar-refractivity contribution in [2.45, 2.75) is 6.54 Å². The molecule has 5 nitrogen and oxygen atoms in total. The smallest absolute Gasteiger partial charge is 0.269 e. The molecule has 0 radical (unpaired) electrons. The Morgan fingerprint density at radius 1 is 0.962 bits per heavy atom. The minimum absolute atomic E-state index is 0.113. The molecule has 0 aliphatic carbocycles. The van der Waals surface area contributed by atoms with E-state index in [1.54, 1.807) is 12.1 Å². The highest BCUT2D eigenvalue weighted by Gasteiger charge is 2.20. The van der Waals surface area contributed by atoms with Gasteiger partial charge in [0.1, 0.15) is 12.2 Å². The molecule has 0 amide bonds. The molecule has 0 aromatic heterocycles. The molecule has 2 rings (SSSR count). The fourth-order valence-electron chi connectivity index (χ4n) is 2.91. The van der Waals surface area contributed by atoms with E-state index < -0.39 is 0 Å². The van der Waals surface area contributed by atoms with Crippen LogP contribution in [0, 0.1) is 10.1 Å². The third kappa shape index (κ3) is 5.34. The molecule has 0 spiro atoms. The molecule has 0 aliphatic rings. The summed E-state index contributed by atoms with van der Waals surface area (Å²) in [6, 6.07) is 15.1. The third-order valence-electron chi connectivity index (χ3n) is 4.35. The normalized spacial score (nSPS) is 11.4. The number of anilines is 1. The zero-order valence-electron chi connectivity index (χ0n) is 15.1.